The molecule has 4 heteroatoms. The van der Waals surface area contributed by atoms with Gasteiger partial charge in [0, 0.05) is 44.0 Å². The Kier molecular flexibility index (Phi) is 5.97. The highest BCUT2D eigenvalue weighted by molar-refractivity contribution is 6.73. The Morgan fingerprint density at radius 1 is 0.529 bits per heavy atom. The molecule has 1 N–H and O–H groups in total. The minimum Gasteiger partial charge on any atom is -0.454 e. The van der Waals surface area contributed by atoms with Gasteiger partial charge in [0.15, 0.2) is 12.9 Å². The van der Waals surface area contributed by atoms with Crippen molar-refractivity contribution in [2.75, 3.05) is 4.90 Å². The molecular weight excluding hydrogens is 619 g/mol. The zero-order valence-corrected chi connectivity index (χ0v) is 28.1. The Morgan fingerprint density at radius 2 is 1.29 bits per heavy atom. The summed E-state index contributed by atoms with van der Waals surface area (Å²) in [5.41, 5.74) is 16.2. The van der Waals surface area contributed by atoms with E-state index in [4.69, 9.17) is 4.42 Å². The van der Waals surface area contributed by atoms with Crippen LogP contribution in [0.1, 0.15) is 5.56 Å². The van der Waals surface area contributed by atoms with Gasteiger partial charge in [-0.1, -0.05) is 127 Å². The Labute approximate surface area is 295 Å². The summed E-state index contributed by atoms with van der Waals surface area (Å²) in [4.78, 5) is 6.32. The maximum absolute atomic E-state index is 6.70. The van der Waals surface area contributed by atoms with E-state index in [0.29, 0.717) is 0 Å². The first-order valence-corrected chi connectivity index (χ1v) is 17.6. The third kappa shape index (κ3) is 4.26. The zero-order valence-electron chi connectivity index (χ0n) is 28.1. The van der Waals surface area contributed by atoms with Crippen LogP contribution in [0.25, 0.3) is 76.8 Å². The number of aromatic amines is 1. The number of fused-ring (bicyclic) bond motifs is 9. The predicted molar refractivity (Wildman–Crippen MR) is 217 cm³/mol. The molecule has 0 unspecified atom stereocenters. The van der Waals surface area contributed by atoms with Crippen LogP contribution in [0, 0.1) is 6.92 Å². The molecule has 10 aromatic rings. The van der Waals surface area contributed by atoms with Gasteiger partial charge in [0.2, 0.25) is 0 Å². The smallest absolute Gasteiger partial charge is 0.198 e. The van der Waals surface area contributed by atoms with E-state index in [0.717, 1.165) is 40.4 Å². The van der Waals surface area contributed by atoms with Gasteiger partial charge in [-0.3, -0.25) is 0 Å². The fraction of sp³-hybridized carbons (Fsp3) is 0.0213. The molecule has 11 rings (SSSR count). The zero-order chi connectivity index (χ0) is 33.6. The van der Waals surface area contributed by atoms with Crippen molar-refractivity contribution in [3.8, 4) is 22.3 Å². The van der Waals surface area contributed by atoms with Crippen molar-refractivity contribution in [1.29, 1.82) is 0 Å². The highest BCUT2D eigenvalue weighted by atomic mass is 16.3. The van der Waals surface area contributed by atoms with Gasteiger partial charge < -0.3 is 14.3 Å². The summed E-state index contributed by atoms with van der Waals surface area (Å²) < 4.78 is 6.70. The maximum atomic E-state index is 6.70. The predicted octanol–water partition coefficient (Wildman–Crippen LogP) is 11.2. The van der Waals surface area contributed by atoms with Gasteiger partial charge in [-0.25, -0.2) is 0 Å². The molecule has 0 fully saturated rings. The lowest BCUT2D eigenvalue weighted by Crippen LogP contribution is -2.41. The number of nitrogens with zero attached hydrogens (tertiary/aromatic N) is 1. The first-order valence-electron chi connectivity index (χ1n) is 17.6. The number of aryl methyl sites for hydroxylation is 1. The van der Waals surface area contributed by atoms with Crippen LogP contribution >= 0.6 is 0 Å². The van der Waals surface area contributed by atoms with Gasteiger partial charge in [-0.2, -0.15) is 0 Å². The Hall–Kier alpha value is -6.52. The van der Waals surface area contributed by atoms with Gasteiger partial charge in [0.1, 0.15) is 5.58 Å². The van der Waals surface area contributed by atoms with E-state index in [1.165, 1.54) is 77.2 Å². The topological polar surface area (TPSA) is 32.2 Å². The summed E-state index contributed by atoms with van der Waals surface area (Å²) in [7, 11) is 0.822. The van der Waals surface area contributed by atoms with Crippen LogP contribution in [0.2, 0.25) is 0 Å². The summed E-state index contributed by atoms with van der Waals surface area (Å²) >= 11 is 0. The average molecular weight is 651 g/mol. The van der Waals surface area contributed by atoms with Gasteiger partial charge in [0.25, 0.3) is 0 Å². The maximum Gasteiger partial charge on any atom is 0.198 e. The number of benzene rings is 8. The molecule has 2 aromatic heterocycles. The SMILES string of the molecule is Cc1cc(-c2cccc3c2[nH]c2cc4ccccc4cc23)c2c(c1)N(c1cccc3c1oc1ccccc13)c1cc(-c3ccccc3)ccc1B2. The molecule has 0 saturated heterocycles. The van der Waals surface area contributed by atoms with Crippen molar-refractivity contribution in [3.63, 3.8) is 0 Å². The van der Waals surface area contributed by atoms with Crippen LogP contribution in [0.5, 0.6) is 0 Å². The fourth-order valence-corrected chi connectivity index (χ4v) is 8.48. The summed E-state index contributed by atoms with van der Waals surface area (Å²) in [6.07, 6.45) is 0. The van der Waals surface area contributed by atoms with Gasteiger partial charge in [-0.15, -0.1) is 0 Å². The highest BCUT2D eigenvalue weighted by Crippen LogP contribution is 2.45. The standard InChI is InChI=1S/C47H31BN2O/c1-28-23-38(35-17-9-16-34-37-25-30-13-5-6-14-31(30)26-40(37)49-46(34)35)45-43(24-28)50(41-19-10-18-36-33-15-7-8-20-44(33)51-47(36)41)42-27-32(21-22-39(42)48-45)29-11-3-2-4-12-29/h2-27,48-49H,1H3. The third-order valence-corrected chi connectivity index (χ3v) is 10.8. The molecule has 51 heavy (non-hydrogen) atoms. The number of aromatic nitrogens is 1. The Bertz CT molecular complexity index is 3030. The Balaban J connectivity index is 1.19. The van der Waals surface area contributed by atoms with Crippen molar-refractivity contribution >= 4 is 89.8 Å². The number of furan rings is 1. The van der Waals surface area contributed by atoms with Crippen LogP contribution in [0.3, 0.4) is 0 Å². The van der Waals surface area contributed by atoms with E-state index in [1.54, 1.807) is 0 Å². The number of nitrogens with one attached hydrogen (secondary N) is 1. The molecule has 1 aliphatic rings. The minimum absolute atomic E-state index is 0.822. The molecule has 238 valence electrons. The number of para-hydroxylation sites is 3. The number of H-pyrrole nitrogens is 1. The first-order chi connectivity index (χ1) is 25.2. The third-order valence-electron chi connectivity index (χ3n) is 10.8. The number of hydrogen-bond donors (Lipinski definition) is 1. The number of hydrogen-bond acceptors (Lipinski definition) is 2. The minimum atomic E-state index is 0.822. The van der Waals surface area contributed by atoms with Crippen LogP contribution in [0.4, 0.5) is 17.1 Å². The molecule has 0 aliphatic carbocycles. The molecule has 0 spiro atoms. The average Bonchev–Trinajstić information content (AvgIpc) is 3.74. The van der Waals surface area contributed by atoms with E-state index in [1.807, 2.05) is 6.07 Å². The number of rotatable bonds is 3. The largest absolute Gasteiger partial charge is 0.454 e. The molecule has 0 bridgehead atoms. The molecule has 3 nitrogen and oxygen atoms in total. The van der Waals surface area contributed by atoms with Crippen molar-refractivity contribution < 1.29 is 4.42 Å². The van der Waals surface area contributed by atoms with E-state index >= 15 is 0 Å². The summed E-state index contributed by atoms with van der Waals surface area (Å²) in [5, 5.41) is 7.26. The van der Waals surface area contributed by atoms with Gasteiger partial charge in [-0.05, 0) is 81.8 Å². The van der Waals surface area contributed by atoms with Crippen molar-refractivity contribution in [2.45, 2.75) is 6.92 Å². The summed E-state index contributed by atoms with van der Waals surface area (Å²) in [6, 6.07) is 57.3. The first kappa shape index (κ1) is 28.3. The van der Waals surface area contributed by atoms with E-state index in [2.05, 4.69) is 168 Å². The van der Waals surface area contributed by atoms with Crippen molar-refractivity contribution in [2.24, 2.45) is 0 Å². The molecular formula is C47H31BN2O. The normalized spacial score (nSPS) is 12.5. The van der Waals surface area contributed by atoms with E-state index < -0.39 is 0 Å². The number of anilines is 3. The molecule has 3 heterocycles. The Morgan fingerprint density at radius 3 is 2.20 bits per heavy atom. The highest BCUT2D eigenvalue weighted by Gasteiger charge is 2.30. The van der Waals surface area contributed by atoms with Crippen LogP contribution in [-0.4, -0.2) is 12.3 Å². The second kappa shape index (κ2) is 10.7. The fourth-order valence-electron chi connectivity index (χ4n) is 8.48. The molecule has 0 radical (unpaired) electrons. The van der Waals surface area contributed by atoms with E-state index in [-0.39, 0.29) is 0 Å². The van der Waals surface area contributed by atoms with Crippen LogP contribution in [0.15, 0.2) is 162 Å². The molecule has 0 amide bonds. The lowest BCUT2D eigenvalue weighted by atomic mass is 9.58. The second-order valence-corrected chi connectivity index (χ2v) is 13.9. The van der Waals surface area contributed by atoms with Crippen molar-refractivity contribution in [1.82, 2.24) is 4.98 Å². The molecule has 8 aromatic carbocycles. The van der Waals surface area contributed by atoms with Gasteiger partial charge >= 0.3 is 0 Å². The monoisotopic (exact) mass is 650 g/mol. The van der Waals surface area contributed by atoms with Crippen LogP contribution in [-0.2, 0) is 0 Å². The second-order valence-electron chi connectivity index (χ2n) is 13.9. The van der Waals surface area contributed by atoms with Crippen LogP contribution < -0.4 is 15.8 Å². The molecule has 0 atom stereocenters. The molecule has 1 aliphatic heterocycles. The van der Waals surface area contributed by atoms with Crippen molar-refractivity contribution in [3.05, 3.63) is 163 Å². The lowest BCUT2D eigenvalue weighted by molar-refractivity contribution is 0.669. The van der Waals surface area contributed by atoms with E-state index in [9.17, 15) is 0 Å². The quantitative estimate of drug-likeness (QED) is 0.193. The lowest BCUT2D eigenvalue weighted by Gasteiger charge is -2.35. The van der Waals surface area contributed by atoms with Gasteiger partial charge in [0.05, 0.1) is 11.2 Å². The summed E-state index contributed by atoms with van der Waals surface area (Å²) in [6.45, 7) is 2.22. The summed E-state index contributed by atoms with van der Waals surface area (Å²) in [5.74, 6) is 0. The molecule has 0 saturated carbocycles.